The monoisotopic (exact) mass is 1560 g/mol. The Balaban J connectivity index is 0.000000109. The van der Waals surface area contributed by atoms with Crippen LogP contribution in [0.15, 0.2) is 97.1 Å². The number of aromatic amines is 4. The minimum Gasteiger partial charge on any atom is -0.350 e. The summed E-state index contributed by atoms with van der Waals surface area (Å²) in [5, 5.41) is 54.5. The average Bonchev–Trinajstić information content (AvgIpc) is 1.79. The molecule has 0 atom stereocenters. The summed E-state index contributed by atoms with van der Waals surface area (Å²) in [5.74, 6) is 8.04. The van der Waals surface area contributed by atoms with Gasteiger partial charge in [0.25, 0.3) is 0 Å². The van der Waals surface area contributed by atoms with Gasteiger partial charge in [-0.25, -0.2) is 31.2 Å². The third-order valence-electron chi connectivity index (χ3n) is 19.7. The summed E-state index contributed by atoms with van der Waals surface area (Å²) >= 11 is 6.10. The Morgan fingerprint density at radius 3 is 0.973 bits per heavy atom. The second-order valence-corrected chi connectivity index (χ2v) is 29.8. The first kappa shape index (κ1) is 73.3. The van der Waals surface area contributed by atoms with Crippen molar-refractivity contribution in [3.8, 4) is 0 Å². The maximum absolute atomic E-state index is 13.9. The lowest BCUT2D eigenvalue weighted by atomic mass is 10.2. The van der Waals surface area contributed by atoms with E-state index in [1.165, 1.54) is 68.5 Å². The summed E-state index contributed by atoms with van der Waals surface area (Å²) in [6, 6.07) is 24.5. The molecule has 578 valence electrons. The van der Waals surface area contributed by atoms with E-state index in [0.29, 0.717) is 154 Å². The smallest absolute Gasteiger partial charge is 0.233 e. The summed E-state index contributed by atoms with van der Waals surface area (Å²) in [4.78, 5) is 57.0. The minimum atomic E-state index is -0.964. The molecule has 8 heterocycles. The number of hydrogen-bond donors (Lipinski definition) is 12. The molecule has 36 heteroatoms. The van der Waals surface area contributed by atoms with Crippen molar-refractivity contribution in [2.45, 2.75) is 176 Å². The van der Waals surface area contributed by atoms with E-state index >= 15 is 0 Å². The van der Waals surface area contributed by atoms with Crippen molar-refractivity contribution in [1.29, 1.82) is 0 Å². The number of H-pyrrole nitrogens is 4. The van der Waals surface area contributed by atoms with Gasteiger partial charge in [-0.3, -0.25) is 20.4 Å². The first-order valence-corrected chi connectivity index (χ1v) is 38.2. The lowest BCUT2D eigenvalue weighted by Gasteiger charge is -2.10. The number of halogens is 7. The summed E-state index contributed by atoms with van der Waals surface area (Å²) in [6.45, 7) is 7.93. The predicted octanol–water partition coefficient (Wildman–Crippen LogP) is 16.9. The number of aromatic nitrogens is 20. The second kappa shape index (κ2) is 32.5. The molecule has 12 aromatic rings. The van der Waals surface area contributed by atoms with Crippen molar-refractivity contribution in [3.63, 3.8) is 0 Å². The van der Waals surface area contributed by atoms with Gasteiger partial charge in [-0.15, -0.1) is 0 Å². The minimum absolute atomic E-state index is 0.147. The number of hydrogen-bond acceptors (Lipinski definition) is 24. The van der Waals surface area contributed by atoms with Crippen LogP contribution in [0.3, 0.4) is 0 Å². The van der Waals surface area contributed by atoms with E-state index in [0.717, 1.165) is 116 Å². The molecule has 29 nitrogen and oxygen atoms in total. The second-order valence-electron chi connectivity index (χ2n) is 29.4. The fraction of sp³-hybridized carbons (Fsp3) is 0.364. The van der Waals surface area contributed by atoms with E-state index in [4.69, 9.17) is 18.2 Å². The predicted molar refractivity (Wildman–Crippen MR) is 409 cm³/mol. The number of nitrogens with zero attached hydrogens (tertiary/aromatic N) is 17. The van der Waals surface area contributed by atoms with Crippen molar-refractivity contribution >= 4 is 88.1 Å². The van der Waals surface area contributed by atoms with Crippen LogP contribution < -0.4 is 42.5 Å². The normalized spacial score (nSPS) is 16.1. The number of nitrogens with one attached hydrogen (secondary N) is 12. The molecule has 8 aliphatic rings. The molecule has 0 unspecified atom stereocenters. The van der Waals surface area contributed by atoms with Crippen molar-refractivity contribution in [1.82, 2.24) is 101 Å². The highest BCUT2D eigenvalue weighted by Crippen LogP contribution is 2.45. The number of rotatable bonds is 28. The quantitative estimate of drug-likeness (QED) is 0.0160. The molecular weight excluding hydrogens is 1480 g/mol. The van der Waals surface area contributed by atoms with Crippen LogP contribution in [0, 0.1) is 41.5 Å². The van der Waals surface area contributed by atoms with Gasteiger partial charge in [-0.1, -0.05) is 48.0 Å². The largest absolute Gasteiger partial charge is 0.350 e. The fourth-order valence-corrected chi connectivity index (χ4v) is 12.4. The van der Waals surface area contributed by atoms with Gasteiger partial charge in [0.15, 0.2) is 29.0 Å². The molecule has 8 aromatic heterocycles. The molecule has 4 aromatic carbocycles. The lowest BCUT2D eigenvalue weighted by molar-refractivity contribution is 0.526. The van der Waals surface area contributed by atoms with Crippen LogP contribution >= 0.6 is 11.6 Å². The highest BCUT2D eigenvalue weighted by molar-refractivity contribution is 6.31. The SMILES string of the molecule is Fc1cc(F)c(CNc2nc(Nc3cc(C4CC4)[nH]n3)nc(C3CC3)n2)c(F)c1.Fc1ccc(CNc2nc(Nc3cc(C4CC4)[nH]n3)nc(C3CC3)n2)c(Cl)c1.Fc1ccc(CNc2nc(Nc3cc(C4CC4)[nH]n3)nc(C3CC3)n2)c(F)c1.[C-]#[N+]c1ccc(CNc2nc(Nc3cc(C4CC4)[nH]n3)nc(C3CC3)n2)cc1. The Morgan fingerprint density at radius 2 is 0.637 bits per heavy atom. The van der Waals surface area contributed by atoms with Gasteiger partial charge in [0.2, 0.25) is 47.6 Å². The van der Waals surface area contributed by atoms with E-state index in [-0.39, 0.29) is 36.3 Å². The van der Waals surface area contributed by atoms with Crippen molar-refractivity contribution < 1.29 is 26.3 Å². The van der Waals surface area contributed by atoms with E-state index in [1.54, 1.807) is 6.07 Å². The molecule has 0 saturated heterocycles. The molecule has 8 aliphatic carbocycles. The zero-order valence-corrected chi connectivity index (χ0v) is 61.5. The Kier molecular flexibility index (Phi) is 21.1. The Morgan fingerprint density at radius 1 is 0.327 bits per heavy atom. The third kappa shape index (κ3) is 20.0. The maximum atomic E-state index is 13.9. The molecule has 113 heavy (non-hydrogen) atoms. The molecule has 0 aliphatic heterocycles. The highest BCUT2D eigenvalue weighted by atomic mass is 35.5. The van der Waals surface area contributed by atoms with Gasteiger partial charge in [-0.05, 0) is 132 Å². The van der Waals surface area contributed by atoms with Crippen LogP contribution in [0.25, 0.3) is 4.85 Å². The third-order valence-corrected chi connectivity index (χ3v) is 20.1. The van der Waals surface area contributed by atoms with Gasteiger partial charge >= 0.3 is 0 Å². The fourth-order valence-electron chi connectivity index (χ4n) is 12.1. The Bertz CT molecular complexity index is 5260. The topological polar surface area (TPSA) is 370 Å². The van der Waals surface area contributed by atoms with E-state index in [9.17, 15) is 26.3 Å². The summed E-state index contributed by atoms with van der Waals surface area (Å²) < 4.78 is 81.0. The Labute approximate surface area is 647 Å². The lowest BCUT2D eigenvalue weighted by Crippen LogP contribution is -2.11. The van der Waals surface area contributed by atoms with Crippen molar-refractivity contribution in [3.05, 3.63) is 217 Å². The van der Waals surface area contributed by atoms with Crippen molar-refractivity contribution in [2.75, 3.05) is 42.5 Å². The van der Waals surface area contributed by atoms with E-state index in [2.05, 4.69) is 148 Å². The first-order chi connectivity index (χ1) is 55.1. The average molecular weight is 1560 g/mol. The molecule has 0 bridgehead atoms. The summed E-state index contributed by atoms with van der Waals surface area (Å²) in [6.07, 6.45) is 18.0. The van der Waals surface area contributed by atoms with Gasteiger partial charge in [-0.2, -0.15) is 80.2 Å². The molecular formula is C77H76ClF6N29. The molecule has 0 amide bonds. The highest BCUT2D eigenvalue weighted by Gasteiger charge is 2.34. The zero-order valence-electron chi connectivity index (χ0n) is 60.7. The maximum Gasteiger partial charge on any atom is 0.233 e. The van der Waals surface area contributed by atoms with Crippen LogP contribution in [-0.2, 0) is 26.2 Å². The zero-order chi connectivity index (χ0) is 77.1. The summed E-state index contributed by atoms with van der Waals surface area (Å²) in [7, 11) is 0. The van der Waals surface area contributed by atoms with Gasteiger partial charge in [0, 0.05) is 155 Å². The van der Waals surface area contributed by atoms with Gasteiger partial charge < -0.3 is 42.5 Å². The molecule has 8 fully saturated rings. The molecule has 8 saturated carbocycles. The number of benzene rings is 4. The number of anilines is 12. The van der Waals surface area contributed by atoms with Crippen LogP contribution in [0.2, 0.25) is 5.02 Å². The van der Waals surface area contributed by atoms with Crippen LogP contribution in [0.4, 0.5) is 103 Å². The van der Waals surface area contributed by atoms with Crippen molar-refractivity contribution in [2.24, 2.45) is 0 Å². The van der Waals surface area contributed by atoms with Crippen LogP contribution in [0.1, 0.15) is 218 Å². The standard InChI is InChI=1S/C20H20N8.C19H19ClFN7.C19H18F3N7.C19H19F2N7/c1-21-15-8-2-12(3-9-15)11-22-19-24-18(14-6-7-14)25-20(26-19)23-17-10-16(27-28-17)13-4-5-13;20-14-7-13(21)6-5-12(14)9-22-18-24-17(11-3-4-11)25-19(26-18)23-16-8-15(27-28-16)10-1-2-10;20-11-5-13(21)12(14(22)6-11)8-23-18-25-17(10-3-4-10)26-19(27-18)24-16-7-15(28-29-16)9-1-2-9;20-13-6-5-12(14(21)7-13)9-22-18-24-17(11-3-4-11)25-19(26-18)23-16-8-15(27-28-16)10-1-2-10/h2-3,8-10,13-14H,4-7,11H2,(H3,22,23,24,25,26,27,28);5-8,10-11H,1-4,9H2,(H3,22,23,24,25,26,27,28);5-7,9-10H,1-4,8H2,(H3,23,24,25,26,27,28,29);5-8,10-11H,1-4,9H2,(H3,22,23,24,25,26,27,28). The Hall–Kier alpha value is -12.5. The first-order valence-electron chi connectivity index (χ1n) is 37.9. The van der Waals surface area contributed by atoms with E-state index in [1.807, 2.05) is 48.5 Å². The summed E-state index contributed by atoms with van der Waals surface area (Å²) in [5.41, 5.74) is 7.03. The molecule has 12 N–H and O–H groups in total. The molecule has 0 spiro atoms. The molecule has 0 radical (unpaired) electrons. The van der Waals surface area contributed by atoms with Crippen LogP contribution in [-0.4, -0.2) is 101 Å². The van der Waals surface area contributed by atoms with Gasteiger partial charge in [0.1, 0.15) is 58.2 Å². The van der Waals surface area contributed by atoms with Crippen LogP contribution in [0.5, 0.6) is 0 Å². The molecule has 20 rings (SSSR count). The van der Waals surface area contributed by atoms with E-state index < -0.39 is 29.1 Å². The van der Waals surface area contributed by atoms with Gasteiger partial charge in [0.05, 0.1) is 6.57 Å².